The van der Waals surface area contributed by atoms with Crippen LogP contribution >= 0.6 is 11.3 Å². The van der Waals surface area contributed by atoms with E-state index in [-0.39, 0.29) is 31.0 Å². The van der Waals surface area contributed by atoms with Gasteiger partial charge in [-0.05, 0) is 54.3 Å². The van der Waals surface area contributed by atoms with Gasteiger partial charge in [-0.25, -0.2) is 0 Å². The van der Waals surface area contributed by atoms with Crippen LogP contribution in [0.2, 0.25) is 0 Å². The Morgan fingerprint density at radius 3 is 2.73 bits per heavy atom. The number of thiophene rings is 1. The van der Waals surface area contributed by atoms with Crippen molar-refractivity contribution in [3.8, 4) is 5.75 Å². The van der Waals surface area contributed by atoms with Crippen LogP contribution in [-0.2, 0) is 20.7 Å². The molecule has 1 aliphatic heterocycles. The van der Waals surface area contributed by atoms with E-state index in [0.717, 1.165) is 30.6 Å². The molecule has 2 aliphatic rings. The van der Waals surface area contributed by atoms with Gasteiger partial charge in [0.05, 0.1) is 12.6 Å². The van der Waals surface area contributed by atoms with Crippen molar-refractivity contribution < 1.29 is 19.1 Å². The van der Waals surface area contributed by atoms with Crippen molar-refractivity contribution in [2.24, 2.45) is 5.92 Å². The predicted molar refractivity (Wildman–Crippen MR) is 116 cm³/mol. The quantitative estimate of drug-likeness (QED) is 0.616. The lowest BCUT2D eigenvalue weighted by molar-refractivity contribution is -0.144. The molecular formula is C23H28N2O4S. The van der Waals surface area contributed by atoms with Crippen LogP contribution in [0, 0.1) is 5.92 Å². The number of nitrogens with zero attached hydrogens (tertiary/aromatic N) is 2. The van der Waals surface area contributed by atoms with Crippen LogP contribution < -0.4 is 4.74 Å². The SMILES string of the molecule is COCC(=O)N(CC(=O)N1CCc2sccc2[C@H]1COc1ccccc1)CC1CC1. The molecule has 2 amide bonds. The highest BCUT2D eigenvalue weighted by Crippen LogP contribution is 2.34. The first-order chi connectivity index (χ1) is 14.7. The molecule has 2 heterocycles. The highest BCUT2D eigenvalue weighted by molar-refractivity contribution is 7.10. The fraction of sp³-hybridized carbons (Fsp3) is 0.478. The standard InChI is InChI=1S/C23H28N2O4S/c1-28-16-23(27)24(13-17-7-8-17)14-22(26)25-11-9-21-19(10-12-30-21)20(25)15-29-18-5-3-2-4-6-18/h2-6,10,12,17,20H,7-9,11,13-16H2,1H3/t20-/m1/s1. The maximum Gasteiger partial charge on any atom is 0.249 e. The van der Waals surface area contributed by atoms with Gasteiger partial charge in [-0.3, -0.25) is 9.59 Å². The highest BCUT2D eigenvalue weighted by Gasteiger charge is 2.34. The Labute approximate surface area is 181 Å². The topological polar surface area (TPSA) is 59.1 Å². The first-order valence-electron chi connectivity index (χ1n) is 10.5. The Bertz CT molecular complexity index is 865. The number of fused-ring (bicyclic) bond motifs is 1. The normalized spacial score (nSPS) is 18.0. The molecule has 1 aromatic heterocycles. The molecule has 1 aromatic carbocycles. The number of para-hydroxylation sites is 1. The number of benzene rings is 1. The van der Waals surface area contributed by atoms with Crippen LogP contribution in [0.3, 0.4) is 0 Å². The van der Waals surface area contributed by atoms with Gasteiger partial charge in [0, 0.05) is 25.1 Å². The molecule has 7 heteroatoms. The summed E-state index contributed by atoms with van der Waals surface area (Å²) in [6.07, 6.45) is 3.09. The molecule has 1 atom stereocenters. The van der Waals surface area contributed by atoms with Crippen LogP contribution in [0.1, 0.15) is 29.3 Å². The number of amides is 2. The van der Waals surface area contributed by atoms with E-state index in [1.165, 1.54) is 12.0 Å². The Hall–Kier alpha value is -2.38. The first kappa shape index (κ1) is 20.9. The summed E-state index contributed by atoms with van der Waals surface area (Å²) in [6.45, 7) is 1.78. The second kappa shape index (κ2) is 9.62. The van der Waals surface area contributed by atoms with E-state index in [1.54, 1.807) is 16.2 Å². The minimum absolute atomic E-state index is 0.00915. The van der Waals surface area contributed by atoms with E-state index in [1.807, 2.05) is 35.2 Å². The Morgan fingerprint density at radius 2 is 2.00 bits per heavy atom. The summed E-state index contributed by atoms with van der Waals surface area (Å²) in [5, 5.41) is 2.08. The van der Waals surface area contributed by atoms with Crippen molar-refractivity contribution in [3.05, 3.63) is 52.2 Å². The van der Waals surface area contributed by atoms with Crippen molar-refractivity contribution in [1.29, 1.82) is 0 Å². The lowest BCUT2D eigenvalue weighted by Crippen LogP contribution is -2.48. The van der Waals surface area contributed by atoms with Gasteiger partial charge in [0.1, 0.15) is 19.0 Å². The van der Waals surface area contributed by atoms with E-state index in [0.29, 0.717) is 25.6 Å². The maximum atomic E-state index is 13.3. The number of methoxy groups -OCH3 is 1. The van der Waals surface area contributed by atoms with E-state index in [4.69, 9.17) is 9.47 Å². The van der Waals surface area contributed by atoms with Crippen LogP contribution in [0.25, 0.3) is 0 Å². The lowest BCUT2D eigenvalue weighted by Gasteiger charge is -2.37. The van der Waals surface area contributed by atoms with Crippen molar-refractivity contribution in [2.45, 2.75) is 25.3 Å². The fourth-order valence-corrected chi connectivity index (χ4v) is 4.83. The summed E-state index contributed by atoms with van der Waals surface area (Å²) in [5.41, 5.74) is 1.16. The fourth-order valence-electron chi connectivity index (χ4n) is 3.90. The molecule has 4 rings (SSSR count). The van der Waals surface area contributed by atoms with Gasteiger partial charge < -0.3 is 19.3 Å². The van der Waals surface area contributed by atoms with E-state index in [9.17, 15) is 9.59 Å². The summed E-state index contributed by atoms with van der Waals surface area (Å²) in [5.74, 6) is 1.15. The Morgan fingerprint density at radius 1 is 1.20 bits per heavy atom. The number of rotatable bonds is 9. The molecule has 1 aliphatic carbocycles. The minimum atomic E-state index is -0.145. The Kier molecular flexibility index (Phi) is 6.69. The number of carbonyl (C=O) groups is 2. The van der Waals surface area contributed by atoms with Gasteiger partial charge >= 0.3 is 0 Å². The van der Waals surface area contributed by atoms with Crippen molar-refractivity contribution >= 4 is 23.2 Å². The predicted octanol–water partition coefficient (Wildman–Crippen LogP) is 3.14. The molecule has 0 unspecified atom stereocenters. The molecule has 0 bridgehead atoms. The van der Waals surface area contributed by atoms with Gasteiger partial charge in [-0.15, -0.1) is 11.3 Å². The van der Waals surface area contributed by atoms with E-state index < -0.39 is 0 Å². The largest absolute Gasteiger partial charge is 0.491 e. The summed E-state index contributed by atoms with van der Waals surface area (Å²) >= 11 is 1.73. The molecular weight excluding hydrogens is 400 g/mol. The first-order valence-corrected chi connectivity index (χ1v) is 11.3. The van der Waals surface area contributed by atoms with E-state index in [2.05, 4.69) is 11.4 Å². The smallest absolute Gasteiger partial charge is 0.249 e. The molecule has 1 fully saturated rings. The molecule has 2 aromatic rings. The van der Waals surface area contributed by atoms with Gasteiger partial charge in [-0.1, -0.05) is 18.2 Å². The minimum Gasteiger partial charge on any atom is -0.491 e. The molecule has 0 spiro atoms. The highest BCUT2D eigenvalue weighted by atomic mass is 32.1. The zero-order chi connectivity index (χ0) is 20.9. The third-order valence-electron chi connectivity index (χ3n) is 5.69. The molecule has 1 saturated carbocycles. The monoisotopic (exact) mass is 428 g/mol. The third-order valence-corrected chi connectivity index (χ3v) is 6.68. The number of hydrogen-bond donors (Lipinski definition) is 0. The molecule has 30 heavy (non-hydrogen) atoms. The lowest BCUT2D eigenvalue weighted by atomic mass is 10.0. The van der Waals surface area contributed by atoms with Crippen LogP contribution in [-0.4, -0.2) is 61.6 Å². The van der Waals surface area contributed by atoms with Crippen molar-refractivity contribution in [3.63, 3.8) is 0 Å². The molecule has 0 N–H and O–H groups in total. The zero-order valence-corrected chi connectivity index (χ0v) is 18.1. The maximum absolute atomic E-state index is 13.3. The summed E-state index contributed by atoms with van der Waals surface area (Å²) in [4.78, 5) is 30.7. The van der Waals surface area contributed by atoms with Gasteiger partial charge in [0.15, 0.2) is 0 Å². The zero-order valence-electron chi connectivity index (χ0n) is 17.3. The van der Waals surface area contributed by atoms with Crippen LogP contribution in [0.5, 0.6) is 5.75 Å². The van der Waals surface area contributed by atoms with Crippen molar-refractivity contribution in [1.82, 2.24) is 9.80 Å². The summed E-state index contributed by atoms with van der Waals surface area (Å²) in [7, 11) is 1.51. The molecule has 0 saturated heterocycles. The average molecular weight is 429 g/mol. The van der Waals surface area contributed by atoms with Gasteiger partial charge in [0.25, 0.3) is 0 Å². The van der Waals surface area contributed by atoms with Crippen molar-refractivity contribution in [2.75, 3.05) is 40.0 Å². The summed E-state index contributed by atoms with van der Waals surface area (Å²) in [6, 6.07) is 11.6. The van der Waals surface area contributed by atoms with Crippen LogP contribution in [0.4, 0.5) is 0 Å². The average Bonchev–Trinajstić information content (AvgIpc) is 3.45. The van der Waals surface area contributed by atoms with Gasteiger partial charge in [-0.2, -0.15) is 0 Å². The second-order valence-corrected chi connectivity index (χ2v) is 8.93. The van der Waals surface area contributed by atoms with E-state index >= 15 is 0 Å². The van der Waals surface area contributed by atoms with Gasteiger partial charge in [0.2, 0.25) is 11.8 Å². The number of carbonyl (C=O) groups excluding carboxylic acids is 2. The molecule has 6 nitrogen and oxygen atoms in total. The molecule has 160 valence electrons. The second-order valence-electron chi connectivity index (χ2n) is 7.93. The third kappa shape index (κ3) is 5.02. The number of ether oxygens (including phenoxy) is 2. The number of hydrogen-bond acceptors (Lipinski definition) is 5. The summed E-state index contributed by atoms with van der Waals surface area (Å²) < 4.78 is 11.1. The Balaban J connectivity index is 1.48. The molecule has 0 radical (unpaired) electrons. The van der Waals surface area contributed by atoms with Crippen LogP contribution in [0.15, 0.2) is 41.8 Å².